The normalized spacial score (nSPS) is 18.8. The SMILES string of the molecule is CC1(CNCc2cnn3ccccc23)CCOCC1. The van der Waals surface area contributed by atoms with Crippen LogP contribution in [0.5, 0.6) is 0 Å². The lowest BCUT2D eigenvalue weighted by atomic mass is 9.82. The van der Waals surface area contributed by atoms with Gasteiger partial charge in [-0.3, -0.25) is 0 Å². The second-order valence-electron chi connectivity index (χ2n) is 5.73. The fourth-order valence-electron chi connectivity index (χ4n) is 2.66. The summed E-state index contributed by atoms with van der Waals surface area (Å²) in [7, 11) is 0. The molecule has 3 heterocycles. The van der Waals surface area contributed by atoms with Gasteiger partial charge in [0.2, 0.25) is 0 Å². The van der Waals surface area contributed by atoms with Crippen molar-refractivity contribution in [1.29, 1.82) is 0 Å². The van der Waals surface area contributed by atoms with Crippen LogP contribution in [0.3, 0.4) is 0 Å². The monoisotopic (exact) mass is 259 g/mol. The Morgan fingerprint density at radius 1 is 1.37 bits per heavy atom. The zero-order valence-corrected chi connectivity index (χ0v) is 11.4. The highest BCUT2D eigenvalue weighted by molar-refractivity contribution is 5.53. The first-order chi connectivity index (χ1) is 9.27. The third-order valence-electron chi connectivity index (χ3n) is 4.07. The van der Waals surface area contributed by atoms with E-state index in [9.17, 15) is 0 Å². The maximum Gasteiger partial charge on any atom is 0.0706 e. The van der Waals surface area contributed by atoms with E-state index < -0.39 is 0 Å². The maximum atomic E-state index is 5.43. The third kappa shape index (κ3) is 2.80. The molecule has 2 aromatic heterocycles. The maximum absolute atomic E-state index is 5.43. The number of aromatic nitrogens is 2. The van der Waals surface area contributed by atoms with E-state index in [0.29, 0.717) is 5.41 Å². The molecule has 0 spiro atoms. The molecular formula is C15H21N3O. The molecule has 1 aliphatic heterocycles. The van der Waals surface area contributed by atoms with Gasteiger partial charge in [-0.05, 0) is 30.4 Å². The molecule has 19 heavy (non-hydrogen) atoms. The van der Waals surface area contributed by atoms with Crippen LogP contribution < -0.4 is 5.32 Å². The summed E-state index contributed by atoms with van der Waals surface area (Å²) in [5, 5.41) is 7.94. The number of nitrogens with zero attached hydrogens (tertiary/aromatic N) is 2. The first kappa shape index (κ1) is 12.6. The molecule has 0 unspecified atom stereocenters. The average Bonchev–Trinajstić information content (AvgIpc) is 2.83. The van der Waals surface area contributed by atoms with E-state index >= 15 is 0 Å². The Labute approximate surface area is 113 Å². The quantitative estimate of drug-likeness (QED) is 0.915. The number of hydrogen-bond acceptors (Lipinski definition) is 3. The summed E-state index contributed by atoms with van der Waals surface area (Å²) in [5.41, 5.74) is 2.82. The van der Waals surface area contributed by atoms with Crippen molar-refractivity contribution in [2.75, 3.05) is 19.8 Å². The van der Waals surface area contributed by atoms with Crippen molar-refractivity contribution in [2.45, 2.75) is 26.3 Å². The Morgan fingerprint density at radius 2 is 2.21 bits per heavy atom. The first-order valence-corrected chi connectivity index (χ1v) is 6.97. The van der Waals surface area contributed by atoms with Gasteiger partial charge in [-0.15, -0.1) is 0 Å². The predicted molar refractivity (Wildman–Crippen MR) is 75.1 cm³/mol. The van der Waals surface area contributed by atoms with Gasteiger partial charge in [0.25, 0.3) is 0 Å². The zero-order chi connectivity index (χ0) is 13.1. The van der Waals surface area contributed by atoms with Gasteiger partial charge >= 0.3 is 0 Å². The van der Waals surface area contributed by atoms with Gasteiger partial charge in [0, 0.05) is 38.1 Å². The molecule has 1 aliphatic rings. The minimum atomic E-state index is 0.376. The summed E-state index contributed by atoms with van der Waals surface area (Å²) in [4.78, 5) is 0. The van der Waals surface area contributed by atoms with E-state index in [4.69, 9.17) is 4.74 Å². The van der Waals surface area contributed by atoms with E-state index in [1.807, 2.05) is 23.0 Å². The highest BCUT2D eigenvalue weighted by Gasteiger charge is 2.26. The predicted octanol–water partition coefficient (Wildman–Crippen LogP) is 2.24. The Hall–Kier alpha value is -1.39. The van der Waals surface area contributed by atoms with E-state index in [-0.39, 0.29) is 0 Å². The number of nitrogens with one attached hydrogen (secondary N) is 1. The molecular weight excluding hydrogens is 238 g/mol. The summed E-state index contributed by atoms with van der Waals surface area (Å²) in [5.74, 6) is 0. The van der Waals surface area contributed by atoms with Crippen molar-refractivity contribution in [1.82, 2.24) is 14.9 Å². The van der Waals surface area contributed by atoms with Gasteiger partial charge in [-0.1, -0.05) is 13.0 Å². The molecule has 3 rings (SSSR count). The fraction of sp³-hybridized carbons (Fsp3) is 0.533. The minimum Gasteiger partial charge on any atom is -0.381 e. The number of ether oxygens (including phenoxy) is 1. The molecule has 0 atom stereocenters. The van der Waals surface area contributed by atoms with Gasteiger partial charge in [0.15, 0.2) is 0 Å². The molecule has 102 valence electrons. The summed E-state index contributed by atoms with van der Waals surface area (Å²) in [6, 6.07) is 6.17. The van der Waals surface area contributed by atoms with Crippen LogP contribution in [0, 0.1) is 5.41 Å². The number of rotatable bonds is 4. The largest absolute Gasteiger partial charge is 0.381 e. The Kier molecular flexibility index (Phi) is 3.53. The van der Waals surface area contributed by atoms with E-state index in [1.54, 1.807) is 0 Å². The Bertz CT molecular complexity index is 543. The smallest absolute Gasteiger partial charge is 0.0706 e. The highest BCUT2D eigenvalue weighted by Crippen LogP contribution is 2.28. The van der Waals surface area contributed by atoms with E-state index in [2.05, 4.69) is 29.5 Å². The average molecular weight is 259 g/mol. The molecule has 0 saturated carbocycles. The summed E-state index contributed by atoms with van der Waals surface area (Å²) >= 11 is 0. The molecule has 4 nitrogen and oxygen atoms in total. The van der Waals surface area contributed by atoms with Crippen molar-refractivity contribution < 1.29 is 4.74 Å². The number of fused-ring (bicyclic) bond motifs is 1. The van der Waals surface area contributed by atoms with Crippen molar-refractivity contribution in [2.24, 2.45) is 5.41 Å². The Balaban J connectivity index is 1.60. The minimum absolute atomic E-state index is 0.376. The molecule has 0 aliphatic carbocycles. The van der Waals surface area contributed by atoms with Gasteiger partial charge in [-0.2, -0.15) is 5.10 Å². The molecule has 2 aromatic rings. The standard InChI is InChI=1S/C15H21N3O/c1-15(5-8-19-9-6-15)12-16-10-13-11-17-18-7-3-2-4-14(13)18/h2-4,7,11,16H,5-6,8-10,12H2,1H3. The van der Waals surface area contributed by atoms with Gasteiger partial charge < -0.3 is 10.1 Å². The molecule has 1 saturated heterocycles. The lowest BCUT2D eigenvalue weighted by molar-refractivity contribution is 0.0240. The first-order valence-electron chi connectivity index (χ1n) is 6.97. The molecule has 1 fully saturated rings. The second kappa shape index (κ2) is 5.31. The van der Waals surface area contributed by atoms with Crippen molar-refractivity contribution in [3.8, 4) is 0 Å². The van der Waals surface area contributed by atoms with Gasteiger partial charge in [0.05, 0.1) is 11.7 Å². The van der Waals surface area contributed by atoms with Crippen LogP contribution in [0.1, 0.15) is 25.3 Å². The van der Waals surface area contributed by atoms with Crippen LogP contribution in [-0.2, 0) is 11.3 Å². The summed E-state index contributed by atoms with van der Waals surface area (Å²) < 4.78 is 7.36. The molecule has 1 N–H and O–H groups in total. The lowest BCUT2D eigenvalue weighted by Gasteiger charge is -2.33. The molecule has 0 radical (unpaired) electrons. The highest BCUT2D eigenvalue weighted by atomic mass is 16.5. The van der Waals surface area contributed by atoms with Crippen LogP contribution in [-0.4, -0.2) is 29.4 Å². The van der Waals surface area contributed by atoms with Gasteiger partial charge in [-0.25, -0.2) is 4.52 Å². The van der Waals surface area contributed by atoms with E-state index in [1.165, 1.54) is 11.1 Å². The fourth-order valence-corrected chi connectivity index (χ4v) is 2.66. The number of hydrogen-bond donors (Lipinski definition) is 1. The summed E-state index contributed by atoms with van der Waals surface area (Å²) in [6.45, 7) is 6.06. The van der Waals surface area contributed by atoms with Crippen LogP contribution in [0.4, 0.5) is 0 Å². The Morgan fingerprint density at radius 3 is 3.05 bits per heavy atom. The van der Waals surface area contributed by atoms with Crippen LogP contribution in [0.15, 0.2) is 30.6 Å². The van der Waals surface area contributed by atoms with Crippen molar-refractivity contribution in [3.63, 3.8) is 0 Å². The zero-order valence-electron chi connectivity index (χ0n) is 11.4. The van der Waals surface area contributed by atoms with Crippen molar-refractivity contribution in [3.05, 3.63) is 36.2 Å². The number of pyridine rings is 1. The van der Waals surface area contributed by atoms with E-state index in [0.717, 1.165) is 39.1 Å². The van der Waals surface area contributed by atoms with Crippen LogP contribution in [0.2, 0.25) is 0 Å². The molecule has 0 aromatic carbocycles. The lowest BCUT2D eigenvalue weighted by Crippen LogP contribution is -2.36. The molecule has 0 amide bonds. The molecule has 4 heteroatoms. The molecule has 0 bridgehead atoms. The van der Waals surface area contributed by atoms with Crippen LogP contribution in [0.25, 0.3) is 5.52 Å². The van der Waals surface area contributed by atoms with Gasteiger partial charge in [0.1, 0.15) is 0 Å². The summed E-state index contributed by atoms with van der Waals surface area (Å²) in [6.07, 6.45) is 6.23. The third-order valence-corrected chi connectivity index (χ3v) is 4.07. The van der Waals surface area contributed by atoms with Crippen LogP contribution >= 0.6 is 0 Å². The second-order valence-corrected chi connectivity index (χ2v) is 5.73. The van der Waals surface area contributed by atoms with Crippen molar-refractivity contribution >= 4 is 5.52 Å². The topological polar surface area (TPSA) is 38.6 Å².